The minimum absolute atomic E-state index is 0.0227. The van der Waals surface area contributed by atoms with E-state index in [1.807, 2.05) is 39.8 Å². The number of ether oxygens (including phenoxy) is 1. The Labute approximate surface area is 198 Å². The van der Waals surface area contributed by atoms with E-state index in [-0.39, 0.29) is 12.6 Å². The molecule has 0 aliphatic carbocycles. The summed E-state index contributed by atoms with van der Waals surface area (Å²) in [6.45, 7) is 5.17. The molecule has 1 N–H and O–H groups in total. The maximum absolute atomic E-state index is 12.4. The van der Waals surface area contributed by atoms with Crippen molar-refractivity contribution < 1.29 is 14.6 Å². The number of fused-ring (bicyclic) bond motifs is 1. The number of benzene rings is 1. The first-order valence-electron chi connectivity index (χ1n) is 11.6. The lowest BCUT2D eigenvalue weighted by Gasteiger charge is -2.37. The third-order valence-electron chi connectivity index (χ3n) is 6.25. The van der Waals surface area contributed by atoms with E-state index in [0.29, 0.717) is 51.2 Å². The van der Waals surface area contributed by atoms with Gasteiger partial charge >= 0.3 is 6.03 Å². The van der Waals surface area contributed by atoms with Gasteiger partial charge in [-0.1, -0.05) is 12.1 Å². The van der Waals surface area contributed by atoms with Crippen molar-refractivity contribution >= 4 is 28.7 Å². The lowest BCUT2D eigenvalue weighted by molar-refractivity contribution is 0.122. The molecule has 1 aromatic carbocycles. The van der Waals surface area contributed by atoms with Gasteiger partial charge in [0.1, 0.15) is 24.1 Å². The Hall–Kier alpha value is -3.44. The molecule has 2 amide bonds. The molecular formula is C23H30N8O3. The molecule has 5 rings (SSSR count). The van der Waals surface area contributed by atoms with Crippen LogP contribution in [-0.2, 0) is 11.3 Å². The van der Waals surface area contributed by atoms with Crippen LogP contribution >= 0.6 is 0 Å². The monoisotopic (exact) mass is 466 g/mol. The standard InChI is InChI=1S/C23H30N8O3/c1-27(2)23(33)30-9-7-28(8-10-30)19-15-20(29-11-13-34-14-12-29)26-22(25-19)31-18-6-4-3-5-17(18)24-21(31)16-32/h3-6,15,32H,7-14,16H2,1-2H3. The molecule has 2 aromatic heterocycles. The van der Waals surface area contributed by atoms with Crippen LogP contribution in [0.25, 0.3) is 17.0 Å². The van der Waals surface area contributed by atoms with Crippen LogP contribution in [0.3, 0.4) is 0 Å². The molecule has 0 saturated carbocycles. The van der Waals surface area contributed by atoms with E-state index in [1.54, 1.807) is 19.0 Å². The number of aromatic nitrogens is 4. The number of aliphatic hydroxyl groups is 1. The fourth-order valence-corrected chi connectivity index (χ4v) is 4.44. The van der Waals surface area contributed by atoms with Gasteiger partial charge in [-0.25, -0.2) is 9.78 Å². The average molecular weight is 467 g/mol. The Bertz CT molecular complexity index is 1170. The zero-order chi connectivity index (χ0) is 23.7. The number of para-hydroxylation sites is 2. The van der Waals surface area contributed by atoms with Crippen molar-refractivity contribution in [3.05, 3.63) is 36.2 Å². The molecule has 11 nitrogen and oxygen atoms in total. The molecule has 3 aromatic rings. The van der Waals surface area contributed by atoms with Gasteiger partial charge < -0.3 is 29.4 Å². The van der Waals surface area contributed by atoms with Gasteiger partial charge in [0.25, 0.3) is 0 Å². The van der Waals surface area contributed by atoms with Gasteiger partial charge in [-0.15, -0.1) is 0 Å². The Morgan fingerprint density at radius 2 is 1.62 bits per heavy atom. The normalized spacial score (nSPS) is 16.9. The highest BCUT2D eigenvalue weighted by Crippen LogP contribution is 2.26. The van der Waals surface area contributed by atoms with Crippen LogP contribution in [0, 0.1) is 0 Å². The van der Waals surface area contributed by atoms with E-state index in [1.165, 1.54) is 0 Å². The fraction of sp³-hybridized carbons (Fsp3) is 0.478. The first-order chi connectivity index (χ1) is 16.5. The SMILES string of the molecule is CN(C)C(=O)N1CCN(c2cc(N3CCOCC3)nc(-n3c(CO)nc4ccccc43)n2)CC1. The second-order valence-corrected chi connectivity index (χ2v) is 8.65. The predicted octanol–water partition coefficient (Wildman–Crippen LogP) is 0.948. The van der Waals surface area contributed by atoms with Crippen molar-refractivity contribution in [1.29, 1.82) is 0 Å². The summed E-state index contributed by atoms with van der Waals surface area (Å²) in [5.41, 5.74) is 1.63. The number of carbonyl (C=O) groups is 1. The highest BCUT2D eigenvalue weighted by Gasteiger charge is 2.25. The molecule has 2 fully saturated rings. The number of hydrogen-bond donors (Lipinski definition) is 1. The minimum atomic E-state index is -0.222. The van der Waals surface area contributed by atoms with Gasteiger partial charge in [-0.3, -0.25) is 4.57 Å². The Morgan fingerprint density at radius 3 is 2.26 bits per heavy atom. The number of imidazole rings is 1. The maximum atomic E-state index is 12.4. The van der Waals surface area contributed by atoms with E-state index in [0.717, 1.165) is 35.8 Å². The van der Waals surface area contributed by atoms with Crippen LogP contribution < -0.4 is 9.80 Å². The zero-order valence-corrected chi connectivity index (χ0v) is 19.6. The molecule has 4 heterocycles. The highest BCUT2D eigenvalue weighted by atomic mass is 16.5. The lowest BCUT2D eigenvalue weighted by Crippen LogP contribution is -2.51. The predicted molar refractivity (Wildman–Crippen MR) is 128 cm³/mol. The highest BCUT2D eigenvalue weighted by molar-refractivity contribution is 5.78. The van der Waals surface area contributed by atoms with Crippen LogP contribution in [0.2, 0.25) is 0 Å². The van der Waals surface area contributed by atoms with Crippen molar-refractivity contribution in [3.63, 3.8) is 0 Å². The van der Waals surface area contributed by atoms with Crippen molar-refractivity contribution in [3.8, 4) is 5.95 Å². The van der Waals surface area contributed by atoms with Crippen molar-refractivity contribution in [1.82, 2.24) is 29.3 Å². The molecule has 0 bridgehead atoms. The summed E-state index contributed by atoms with van der Waals surface area (Å²) in [5, 5.41) is 10.0. The third kappa shape index (κ3) is 4.24. The molecule has 11 heteroatoms. The second-order valence-electron chi connectivity index (χ2n) is 8.65. The van der Waals surface area contributed by atoms with Crippen LogP contribution in [0.5, 0.6) is 0 Å². The summed E-state index contributed by atoms with van der Waals surface area (Å²) in [5.74, 6) is 2.58. The summed E-state index contributed by atoms with van der Waals surface area (Å²) in [6.07, 6.45) is 0. The van der Waals surface area contributed by atoms with Crippen LogP contribution in [-0.4, -0.2) is 107 Å². The third-order valence-corrected chi connectivity index (χ3v) is 6.25. The minimum Gasteiger partial charge on any atom is -0.388 e. The molecule has 0 unspecified atom stereocenters. The topological polar surface area (TPSA) is 103 Å². The van der Waals surface area contributed by atoms with Crippen LogP contribution in [0.1, 0.15) is 5.82 Å². The van der Waals surface area contributed by atoms with E-state index >= 15 is 0 Å². The summed E-state index contributed by atoms with van der Waals surface area (Å²) in [4.78, 5) is 34.6. The summed E-state index contributed by atoms with van der Waals surface area (Å²) in [7, 11) is 3.54. The molecule has 0 atom stereocenters. The Morgan fingerprint density at radius 1 is 0.971 bits per heavy atom. The zero-order valence-electron chi connectivity index (χ0n) is 19.6. The molecular weight excluding hydrogens is 436 g/mol. The van der Waals surface area contributed by atoms with E-state index in [9.17, 15) is 9.90 Å². The number of aliphatic hydroxyl groups excluding tert-OH is 1. The first-order valence-corrected chi connectivity index (χ1v) is 11.6. The summed E-state index contributed by atoms with van der Waals surface area (Å²) >= 11 is 0. The van der Waals surface area contributed by atoms with Gasteiger partial charge in [-0.2, -0.15) is 9.97 Å². The average Bonchev–Trinajstić information content (AvgIpc) is 3.27. The quantitative estimate of drug-likeness (QED) is 0.606. The first kappa shape index (κ1) is 22.4. The molecule has 0 spiro atoms. The van der Waals surface area contributed by atoms with E-state index in [4.69, 9.17) is 14.7 Å². The van der Waals surface area contributed by atoms with E-state index < -0.39 is 0 Å². The van der Waals surface area contributed by atoms with Gasteiger partial charge in [0.2, 0.25) is 5.95 Å². The fourth-order valence-electron chi connectivity index (χ4n) is 4.44. The largest absolute Gasteiger partial charge is 0.388 e. The Balaban J connectivity index is 1.53. The molecule has 2 aliphatic rings. The number of carbonyl (C=O) groups excluding carboxylic acids is 1. The molecule has 2 aliphatic heterocycles. The number of piperazine rings is 1. The number of hydrogen-bond acceptors (Lipinski definition) is 8. The van der Waals surface area contributed by atoms with Gasteiger partial charge in [0, 0.05) is 59.4 Å². The smallest absolute Gasteiger partial charge is 0.319 e. The number of morpholine rings is 1. The summed E-state index contributed by atoms with van der Waals surface area (Å²) < 4.78 is 7.36. The lowest BCUT2D eigenvalue weighted by atomic mass is 10.3. The Kier molecular flexibility index (Phi) is 6.20. The summed E-state index contributed by atoms with van der Waals surface area (Å²) in [6, 6.07) is 9.77. The van der Waals surface area contributed by atoms with Gasteiger partial charge in [0.15, 0.2) is 0 Å². The molecule has 2 saturated heterocycles. The molecule has 180 valence electrons. The molecule has 0 radical (unpaired) electrons. The van der Waals surface area contributed by atoms with Crippen LogP contribution in [0.15, 0.2) is 30.3 Å². The van der Waals surface area contributed by atoms with Crippen molar-refractivity contribution in [2.24, 2.45) is 0 Å². The van der Waals surface area contributed by atoms with Crippen LogP contribution in [0.4, 0.5) is 16.4 Å². The number of urea groups is 1. The van der Waals surface area contributed by atoms with Crippen molar-refractivity contribution in [2.45, 2.75) is 6.61 Å². The number of rotatable bonds is 4. The second kappa shape index (κ2) is 9.43. The molecule has 34 heavy (non-hydrogen) atoms. The van der Waals surface area contributed by atoms with Gasteiger partial charge in [0.05, 0.1) is 24.2 Å². The number of nitrogens with zero attached hydrogens (tertiary/aromatic N) is 8. The van der Waals surface area contributed by atoms with Crippen molar-refractivity contribution in [2.75, 3.05) is 76.4 Å². The number of anilines is 2. The number of amides is 2. The maximum Gasteiger partial charge on any atom is 0.319 e. The van der Waals surface area contributed by atoms with E-state index in [2.05, 4.69) is 14.8 Å². The van der Waals surface area contributed by atoms with Gasteiger partial charge in [-0.05, 0) is 12.1 Å².